The van der Waals surface area contributed by atoms with Crippen molar-refractivity contribution < 1.29 is 46.8 Å². The lowest BCUT2D eigenvalue weighted by Gasteiger charge is -2.13. The molecule has 2 aromatic rings. The van der Waals surface area contributed by atoms with Gasteiger partial charge in [0, 0.05) is 25.2 Å². The molecular weight excluding hydrogens is 485 g/mol. The zero-order valence-electron chi connectivity index (χ0n) is 17.5. The molecule has 2 amide bonds. The van der Waals surface area contributed by atoms with E-state index in [2.05, 4.69) is 20.1 Å². The fourth-order valence-electron chi connectivity index (χ4n) is 2.70. The van der Waals surface area contributed by atoms with E-state index in [1.165, 1.54) is 30.3 Å². The highest BCUT2D eigenvalue weighted by Gasteiger charge is 2.43. The van der Waals surface area contributed by atoms with Gasteiger partial charge in [-0.1, -0.05) is 11.6 Å². The average Bonchev–Trinajstić information content (AvgIpc) is 3.10. The fraction of sp³-hybridized carbons (Fsp3) is 0.333. The van der Waals surface area contributed by atoms with E-state index in [9.17, 15) is 27.9 Å². The fourth-order valence-corrected chi connectivity index (χ4v) is 2.82. The molecule has 1 atom stereocenters. The van der Waals surface area contributed by atoms with E-state index >= 15 is 0 Å². The van der Waals surface area contributed by atoms with Gasteiger partial charge in [-0.05, 0) is 30.7 Å². The number of ether oxygens (including phenoxy) is 4. The lowest BCUT2D eigenvalue weighted by molar-refractivity contribution is -0.286. The topological polar surface area (TPSA) is 115 Å². The van der Waals surface area contributed by atoms with E-state index in [-0.39, 0.29) is 54.1 Å². The number of nitrogens with one attached hydrogen (secondary N) is 2. The Balaban J connectivity index is 1.27. The molecule has 1 aliphatic rings. The summed E-state index contributed by atoms with van der Waals surface area (Å²) in [4.78, 5) is 23.6. The van der Waals surface area contributed by atoms with E-state index in [0.717, 1.165) is 6.07 Å². The highest BCUT2D eigenvalue weighted by molar-refractivity contribution is 6.30. The van der Waals surface area contributed by atoms with Crippen LogP contribution in [0.25, 0.3) is 0 Å². The Kier molecular flexibility index (Phi) is 8.29. The molecule has 0 saturated heterocycles. The molecule has 34 heavy (non-hydrogen) atoms. The van der Waals surface area contributed by atoms with Gasteiger partial charge < -0.3 is 34.7 Å². The van der Waals surface area contributed by atoms with Gasteiger partial charge in [0.15, 0.2) is 24.7 Å². The minimum atomic E-state index is -3.75. The molecule has 1 heterocycles. The van der Waals surface area contributed by atoms with Crippen molar-refractivity contribution in [3.8, 4) is 23.0 Å². The molecule has 1 aliphatic heterocycles. The van der Waals surface area contributed by atoms with Gasteiger partial charge in [-0.15, -0.1) is 8.78 Å². The molecule has 0 fully saturated rings. The van der Waals surface area contributed by atoms with E-state index in [0.29, 0.717) is 0 Å². The Labute approximate surface area is 196 Å². The maximum Gasteiger partial charge on any atom is 0.586 e. The highest BCUT2D eigenvalue weighted by Crippen LogP contribution is 2.42. The van der Waals surface area contributed by atoms with E-state index in [4.69, 9.17) is 21.1 Å². The first-order chi connectivity index (χ1) is 16.1. The van der Waals surface area contributed by atoms with Crippen LogP contribution in [0.2, 0.25) is 5.02 Å². The van der Waals surface area contributed by atoms with E-state index in [1.807, 2.05) is 0 Å². The first-order valence-corrected chi connectivity index (χ1v) is 10.3. The zero-order valence-corrected chi connectivity index (χ0v) is 18.2. The van der Waals surface area contributed by atoms with Gasteiger partial charge in [-0.2, -0.15) is 0 Å². The SMILES string of the molecule is O=C(COc1ccc2c(c1)OC(F)(F)O2)NCC[C@H](O)CNC(=O)COc1ccc(Cl)c(F)c1. The number of amides is 2. The van der Waals surface area contributed by atoms with Gasteiger partial charge in [0.1, 0.15) is 17.3 Å². The Bertz CT molecular complexity index is 1040. The lowest BCUT2D eigenvalue weighted by atomic mass is 10.2. The second kappa shape index (κ2) is 11.2. The molecule has 0 aromatic heterocycles. The summed E-state index contributed by atoms with van der Waals surface area (Å²) in [5, 5.41) is 14.8. The molecule has 3 N–H and O–H groups in total. The van der Waals surface area contributed by atoms with Crippen molar-refractivity contribution in [3.05, 3.63) is 47.2 Å². The normalized spacial score (nSPS) is 14.3. The molecule has 0 aliphatic carbocycles. The molecule has 2 aromatic carbocycles. The van der Waals surface area contributed by atoms with Gasteiger partial charge in [0.2, 0.25) is 0 Å². The number of rotatable bonds is 11. The number of hydrogen-bond donors (Lipinski definition) is 3. The number of halogens is 4. The average molecular weight is 505 g/mol. The van der Waals surface area contributed by atoms with Gasteiger partial charge >= 0.3 is 6.29 Å². The number of alkyl halides is 2. The second-order valence-corrected chi connectivity index (χ2v) is 7.43. The molecule has 0 unspecified atom stereocenters. The quantitative estimate of drug-likeness (QED) is 0.430. The van der Waals surface area contributed by atoms with Crippen LogP contribution in [0.1, 0.15) is 6.42 Å². The van der Waals surface area contributed by atoms with Crippen LogP contribution in [-0.4, -0.2) is 55.6 Å². The van der Waals surface area contributed by atoms with Crippen LogP contribution in [-0.2, 0) is 9.59 Å². The predicted molar refractivity (Wildman–Crippen MR) is 112 cm³/mol. The largest absolute Gasteiger partial charge is 0.586 e. The van der Waals surface area contributed by atoms with Crippen LogP contribution in [0.4, 0.5) is 13.2 Å². The van der Waals surface area contributed by atoms with Crippen LogP contribution in [0, 0.1) is 5.82 Å². The maximum absolute atomic E-state index is 13.3. The molecule has 9 nitrogen and oxygen atoms in total. The summed E-state index contributed by atoms with van der Waals surface area (Å²) in [7, 11) is 0. The predicted octanol–water partition coefficient (Wildman–Crippen LogP) is 2.24. The number of carbonyl (C=O) groups excluding carboxylic acids is 2. The third-order valence-electron chi connectivity index (χ3n) is 4.34. The van der Waals surface area contributed by atoms with Gasteiger partial charge in [-0.3, -0.25) is 9.59 Å². The van der Waals surface area contributed by atoms with Crippen LogP contribution in [0.5, 0.6) is 23.0 Å². The summed E-state index contributed by atoms with van der Waals surface area (Å²) < 4.78 is 58.2. The molecule has 184 valence electrons. The Morgan fingerprint density at radius 3 is 2.32 bits per heavy atom. The summed E-state index contributed by atoms with van der Waals surface area (Å²) in [6.45, 7) is -0.788. The minimum Gasteiger partial charge on any atom is -0.484 e. The molecular formula is C21H20ClF3N2O7. The Morgan fingerprint density at radius 1 is 1.00 bits per heavy atom. The minimum absolute atomic E-state index is 0.0705. The maximum atomic E-state index is 13.3. The van der Waals surface area contributed by atoms with Crippen molar-refractivity contribution in [2.24, 2.45) is 0 Å². The van der Waals surface area contributed by atoms with Crippen molar-refractivity contribution in [2.45, 2.75) is 18.8 Å². The summed E-state index contributed by atoms with van der Waals surface area (Å²) >= 11 is 5.56. The molecule has 0 saturated carbocycles. The summed E-state index contributed by atoms with van der Waals surface area (Å²) in [5.74, 6) is -1.83. The highest BCUT2D eigenvalue weighted by atomic mass is 35.5. The Hall–Kier alpha value is -3.38. The second-order valence-electron chi connectivity index (χ2n) is 7.03. The van der Waals surface area contributed by atoms with Crippen LogP contribution in [0.3, 0.4) is 0 Å². The third kappa shape index (κ3) is 7.59. The number of benzene rings is 2. The summed E-state index contributed by atoms with van der Waals surface area (Å²) in [5.41, 5.74) is 0. The van der Waals surface area contributed by atoms with Crippen molar-refractivity contribution in [2.75, 3.05) is 26.3 Å². The molecule has 0 bridgehead atoms. The van der Waals surface area contributed by atoms with Crippen molar-refractivity contribution in [3.63, 3.8) is 0 Å². The standard InChI is InChI=1S/C21H20ClF3N2O7/c22-15-3-1-13(7-16(15)23)31-11-20(30)27-9-12(28)5-6-26-19(29)10-32-14-2-4-17-18(8-14)34-21(24,25)33-17/h1-4,7-8,12,28H,5-6,9-11H2,(H,26,29)(H,27,30)/t12-/m0/s1. The van der Waals surface area contributed by atoms with Crippen molar-refractivity contribution in [1.82, 2.24) is 10.6 Å². The number of aliphatic hydroxyl groups is 1. The van der Waals surface area contributed by atoms with Crippen LogP contribution >= 0.6 is 11.6 Å². The van der Waals surface area contributed by atoms with E-state index in [1.54, 1.807) is 0 Å². The first kappa shape index (κ1) is 25.2. The molecule has 13 heteroatoms. The number of fused-ring (bicyclic) bond motifs is 1. The number of carbonyl (C=O) groups is 2. The molecule has 0 radical (unpaired) electrons. The number of aliphatic hydroxyl groups excluding tert-OH is 1. The van der Waals surface area contributed by atoms with Crippen molar-refractivity contribution in [1.29, 1.82) is 0 Å². The first-order valence-electron chi connectivity index (χ1n) is 9.93. The van der Waals surface area contributed by atoms with Crippen molar-refractivity contribution >= 4 is 23.4 Å². The van der Waals surface area contributed by atoms with Gasteiger partial charge in [0.25, 0.3) is 11.8 Å². The smallest absolute Gasteiger partial charge is 0.484 e. The lowest BCUT2D eigenvalue weighted by Crippen LogP contribution is -2.37. The third-order valence-corrected chi connectivity index (χ3v) is 4.64. The summed E-state index contributed by atoms with van der Waals surface area (Å²) in [6.07, 6.45) is -4.57. The molecule has 3 rings (SSSR count). The number of hydrogen-bond acceptors (Lipinski definition) is 7. The monoisotopic (exact) mass is 504 g/mol. The van der Waals surface area contributed by atoms with E-state index < -0.39 is 36.6 Å². The van der Waals surface area contributed by atoms with Gasteiger partial charge in [0.05, 0.1) is 11.1 Å². The van der Waals surface area contributed by atoms with Gasteiger partial charge in [-0.25, -0.2) is 4.39 Å². The Morgan fingerprint density at radius 2 is 1.62 bits per heavy atom. The zero-order chi connectivity index (χ0) is 24.7. The molecule has 0 spiro atoms. The summed E-state index contributed by atoms with van der Waals surface area (Å²) in [6, 6.07) is 7.49. The van der Waals surface area contributed by atoms with Crippen LogP contribution in [0.15, 0.2) is 36.4 Å². The van der Waals surface area contributed by atoms with Crippen LogP contribution < -0.4 is 29.6 Å².